The van der Waals surface area contributed by atoms with Crippen LogP contribution in [0.25, 0.3) is 0 Å². The predicted octanol–water partition coefficient (Wildman–Crippen LogP) is 3.14. The van der Waals surface area contributed by atoms with Gasteiger partial charge in [-0.05, 0) is 19.8 Å². The average molecular weight is 294 g/mol. The smallest absolute Gasteiger partial charge is 0.231 e. The fraction of sp³-hybridized carbons (Fsp3) is 0.800. The molecule has 1 rings (SSSR count). The van der Waals surface area contributed by atoms with E-state index in [0.29, 0.717) is 23.9 Å². The Kier molecular flexibility index (Phi) is 7.79. The number of hydrogen-bond acceptors (Lipinski definition) is 6. The molecule has 120 valence electrons. The van der Waals surface area contributed by atoms with Crippen molar-refractivity contribution < 1.29 is 0 Å². The Morgan fingerprint density at radius 2 is 1.71 bits per heavy atom. The summed E-state index contributed by atoms with van der Waals surface area (Å²) < 4.78 is 0. The first-order valence-electron chi connectivity index (χ1n) is 8.00. The zero-order valence-electron chi connectivity index (χ0n) is 14.1. The number of unbranched alkanes of at least 4 members (excludes halogenated alkanes) is 2. The first kappa shape index (κ1) is 17.5. The van der Waals surface area contributed by atoms with Gasteiger partial charge in [0, 0.05) is 26.7 Å². The summed E-state index contributed by atoms with van der Waals surface area (Å²) in [4.78, 5) is 15.2. The van der Waals surface area contributed by atoms with Gasteiger partial charge < -0.3 is 15.5 Å². The quantitative estimate of drug-likeness (QED) is 0.646. The highest BCUT2D eigenvalue weighted by atomic mass is 15.3. The average Bonchev–Trinajstić information content (AvgIpc) is 2.45. The number of anilines is 3. The fourth-order valence-corrected chi connectivity index (χ4v) is 1.94. The molecule has 21 heavy (non-hydrogen) atoms. The van der Waals surface area contributed by atoms with Gasteiger partial charge in [-0.25, -0.2) is 0 Å². The molecule has 0 aliphatic rings. The van der Waals surface area contributed by atoms with Crippen molar-refractivity contribution in [2.75, 3.05) is 36.2 Å². The van der Waals surface area contributed by atoms with Crippen LogP contribution in [-0.2, 0) is 0 Å². The molecule has 6 nitrogen and oxygen atoms in total. The van der Waals surface area contributed by atoms with Crippen LogP contribution in [0.4, 0.5) is 17.8 Å². The molecule has 0 bridgehead atoms. The SMILES string of the molecule is CCCCCC(C)Nc1nc(NCCC)nc(N(C)C)n1. The van der Waals surface area contributed by atoms with E-state index >= 15 is 0 Å². The van der Waals surface area contributed by atoms with E-state index < -0.39 is 0 Å². The lowest BCUT2D eigenvalue weighted by atomic mass is 10.1. The molecule has 1 heterocycles. The molecular formula is C15H30N6. The molecule has 1 atom stereocenters. The third-order valence-electron chi connectivity index (χ3n) is 3.17. The number of nitrogens with zero attached hydrogens (tertiary/aromatic N) is 4. The number of hydrogen-bond donors (Lipinski definition) is 2. The number of rotatable bonds is 10. The van der Waals surface area contributed by atoms with Crippen molar-refractivity contribution in [3.05, 3.63) is 0 Å². The van der Waals surface area contributed by atoms with Gasteiger partial charge in [-0.15, -0.1) is 0 Å². The van der Waals surface area contributed by atoms with Crippen molar-refractivity contribution in [2.24, 2.45) is 0 Å². The van der Waals surface area contributed by atoms with E-state index in [1.807, 2.05) is 19.0 Å². The molecule has 0 fully saturated rings. The van der Waals surface area contributed by atoms with Gasteiger partial charge in [0.1, 0.15) is 0 Å². The second-order valence-corrected chi connectivity index (χ2v) is 5.64. The molecule has 0 amide bonds. The Balaban J connectivity index is 2.72. The Bertz CT molecular complexity index is 407. The molecule has 0 saturated carbocycles. The third-order valence-corrected chi connectivity index (χ3v) is 3.17. The van der Waals surface area contributed by atoms with Crippen LogP contribution < -0.4 is 15.5 Å². The Morgan fingerprint density at radius 3 is 2.33 bits per heavy atom. The molecule has 0 aliphatic carbocycles. The van der Waals surface area contributed by atoms with Gasteiger partial charge in [-0.1, -0.05) is 33.1 Å². The second kappa shape index (κ2) is 9.37. The number of aromatic nitrogens is 3. The summed E-state index contributed by atoms with van der Waals surface area (Å²) in [5.74, 6) is 1.96. The van der Waals surface area contributed by atoms with Gasteiger partial charge >= 0.3 is 0 Å². The van der Waals surface area contributed by atoms with Crippen LogP contribution in [0.1, 0.15) is 52.9 Å². The molecule has 1 unspecified atom stereocenters. The molecule has 0 aromatic carbocycles. The van der Waals surface area contributed by atoms with Crippen LogP contribution in [0.5, 0.6) is 0 Å². The predicted molar refractivity (Wildman–Crippen MR) is 90.2 cm³/mol. The van der Waals surface area contributed by atoms with E-state index in [1.165, 1.54) is 19.3 Å². The minimum atomic E-state index is 0.369. The summed E-state index contributed by atoms with van der Waals surface area (Å²) in [5.41, 5.74) is 0. The van der Waals surface area contributed by atoms with Gasteiger partial charge in [0.2, 0.25) is 17.8 Å². The van der Waals surface area contributed by atoms with Crippen LogP contribution in [0.2, 0.25) is 0 Å². The van der Waals surface area contributed by atoms with Crippen LogP contribution in [0.15, 0.2) is 0 Å². The van der Waals surface area contributed by atoms with Gasteiger partial charge in [-0.3, -0.25) is 0 Å². The maximum Gasteiger partial charge on any atom is 0.231 e. The summed E-state index contributed by atoms with van der Waals surface area (Å²) in [7, 11) is 3.88. The molecule has 0 aliphatic heterocycles. The Labute approximate surface area is 128 Å². The van der Waals surface area contributed by atoms with Crippen molar-refractivity contribution in [2.45, 2.75) is 58.9 Å². The van der Waals surface area contributed by atoms with E-state index in [1.54, 1.807) is 0 Å². The molecule has 0 saturated heterocycles. The van der Waals surface area contributed by atoms with Crippen LogP contribution in [-0.4, -0.2) is 41.6 Å². The lowest BCUT2D eigenvalue weighted by Crippen LogP contribution is -2.21. The first-order chi connectivity index (χ1) is 10.1. The normalized spacial score (nSPS) is 12.0. The maximum absolute atomic E-state index is 4.46. The van der Waals surface area contributed by atoms with Crippen molar-refractivity contribution in [3.63, 3.8) is 0 Å². The van der Waals surface area contributed by atoms with Crippen LogP contribution in [0, 0.1) is 0 Å². The highest BCUT2D eigenvalue weighted by Gasteiger charge is 2.10. The number of nitrogens with one attached hydrogen (secondary N) is 2. The standard InChI is InChI=1S/C15H30N6/c1-6-8-9-10-12(3)17-14-18-13(16-11-7-2)19-15(20-14)21(4)5/h12H,6-11H2,1-5H3,(H2,16,17,18,19,20). The zero-order valence-corrected chi connectivity index (χ0v) is 14.1. The van der Waals surface area contributed by atoms with E-state index in [0.717, 1.165) is 19.4 Å². The first-order valence-corrected chi connectivity index (χ1v) is 8.00. The molecule has 0 radical (unpaired) electrons. The van der Waals surface area contributed by atoms with E-state index in [2.05, 4.69) is 46.4 Å². The Hall–Kier alpha value is -1.59. The monoisotopic (exact) mass is 294 g/mol. The van der Waals surface area contributed by atoms with Crippen molar-refractivity contribution in [1.29, 1.82) is 0 Å². The fourth-order valence-electron chi connectivity index (χ4n) is 1.94. The van der Waals surface area contributed by atoms with Crippen LogP contribution in [0.3, 0.4) is 0 Å². The summed E-state index contributed by atoms with van der Waals surface area (Å²) in [6.07, 6.45) is 5.93. The van der Waals surface area contributed by atoms with E-state index in [-0.39, 0.29) is 0 Å². The van der Waals surface area contributed by atoms with E-state index in [4.69, 9.17) is 0 Å². The lowest BCUT2D eigenvalue weighted by molar-refractivity contribution is 0.611. The van der Waals surface area contributed by atoms with Crippen molar-refractivity contribution in [1.82, 2.24) is 15.0 Å². The highest BCUT2D eigenvalue weighted by molar-refractivity contribution is 5.43. The minimum absolute atomic E-state index is 0.369. The lowest BCUT2D eigenvalue weighted by Gasteiger charge is -2.17. The van der Waals surface area contributed by atoms with Crippen LogP contribution >= 0.6 is 0 Å². The topological polar surface area (TPSA) is 66.0 Å². The summed E-state index contributed by atoms with van der Waals surface area (Å²) in [6, 6.07) is 0.369. The molecule has 2 N–H and O–H groups in total. The molecule has 1 aromatic heterocycles. The second-order valence-electron chi connectivity index (χ2n) is 5.64. The van der Waals surface area contributed by atoms with Gasteiger partial charge in [0.15, 0.2) is 0 Å². The molecule has 1 aromatic rings. The maximum atomic E-state index is 4.46. The zero-order chi connectivity index (χ0) is 15.7. The third kappa shape index (κ3) is 6.60. The van der Waals surface area contributed by atoms with Gasteiger partial charge in [-0.2, -0.15) is 15.0 Å². The van der Waals surface area contributed by atoms with Crippen molar-refractivity contribution in [3.8, 4) is 0 Å². The molecular weight excluding hydrogens is 264 g/mol. The van der Waals surface area contributed by atoms with Crippen molar-refractivity contribution >= 4 is 17.8 Å². The molecule has 6 heteroatoms. The largest absolute Gasteiger partial charge is 0.354 e. The summed E-state index contributed by atoms with van der Waals surface area (Å²) in [6.45, 7) is 7.38. The van der Waals surface area contributed by atoms with E-state index in [9.17, 15) is 0 Å². The molecule has 0 spiro atoms. The minimum Gasteiger partial charge on any atom is -0.354 e. The highest BCUT2D eigenvalue weighted by Crippen LogP contribution is 2.14. The van der Waals surface area contributed by atoms with Gasteiger partial charge in [0.25, 0.3) is 0 Å². The Morgan fingerprint density at radius 1 is 1.00 bits per heavy atom. The summed E-state index contributed by atoms with van der Waals surface area (Å²) >= 11 is 0. The summed E-state index contributed by atoms with van der Waals surface area (Å²) in [5, 5.41) is 6.61. The van der Waals surface area contributed by atoms with Gasteiger partial charge in [0.05, 0.1) is 0 Å².